The van der Waals surface area contributed by atoms with Crippen LogP contribution in [0.2, 0.25) is 0 Å². The number of aliphatic carboxylic acids is 1. The highest BCUT2D eigenvalue weighted by Gasteiger charge is 2.17. The molecule has 1 aromatic rings. The minimum atomic E-state index is -1.03. The lowest BCUT2D eigenvalue weighted by Gasteiger charge is -2.26. The number of methoxy groups -OCH3 is 1. The van der Waals surface area contributed by atoms with E-state index in [4.69, 9.17) is 19.3 Å². The van der Waals surface area contributed by atoms with Gasteiger partial charge in [-0.3, -0.25) is 4.79 Å². The van der Waals surface area contributed by atoms with Crippen molar-refractivity contribution in [2.75, 3.05) is 40.0 Å². The van der Waals surface area contributed by atoms with Crippen LogP contribution in [0, 0.1) is 0 Å². The predicted molar refractivity (Wildman–Crippen MR) is 82.6 cm³/mol. The molecule has 1 aliphatic rings. The number of rotatable bonds is 6. The smallest absolute Gasteiger partial charge is 0.328 e. The quantitative estimate of drug-likeness (QED) is 0.788. The second-order valence-corrected chi connectivity index (χ2v) is 4.86. The van der Waals surface area contributed by atoms with Crippen molar-refractivity contribution in [2.45, 2.75) is 0 Å². The van der Waals surface area contributed by atoms with E-state index in [2.05, 4.69) is 0 Å². The lowest BCUT2D eigenvalue weighted by molar-refractivity contribution is -0.137. The minimum Gasteiger partial charge on any atom is -0.493 e. The number of hydrogen-bond donors (Lipinski definition) is 1. The third kappa shape index (κ3) is 5.00. The van der Waals surface area contributed by atoms with Gasteiger partial charge >= 0.3 is 5.97 Å². The first-order chi connectivity index (χ1) is 11.1. The average Bonchev–Trinajstić information content (AvgIpc) is 2.58. The van der Waals surface area contributed by atoms with Crippen molar-refractivity contribution in [3.05, 3.63) is 29.8 Å². The van der Waals surface area contributed by atoms with Crippen molar-refractivity contribution in [1.29, 1.82) is 0 Å². The second-order valence-electron chi connectivity index (χ2n) is 4.86. The van der Waals surface area contributed by atoms with E-state index in [0.29, 0.717) is 43.4 Å². The summed E-state index contributed by atoms with van der Waals surface area (Å²) < 4.78 is 15.9. The maximum atomic E-state index is 12.0. The summed E-state index contributed by atoms with van der Waals surface area (Å²) in [5.74, 6) is -0.264. The second kappa shape index (κ2) is 8.19. The van der Waals surface area contributed by atoms with Gasteiger partial charge in [-0.05, 0) is 23.8 Å². The minimum absolute atomic E-state index is 0.0827. The van der Waals surface area contributed by atoms with E-state index in [9.17, 15) is 9.59 Å². The molecule has 0 atom stereocenters. The topological polar surface area (TPSA) is 85.3 Å². The first-order valence-electron chi connectivity index (χ1n) is 7.17. The highest BCUT2D eigenvalue weighted by atomic mass is 16.5. The van der Waals surface area contributed by atoms with Gasteiger partial charge < -0.3 is 24.2 Å². The largest absolute Gasteiger partial charge is 0.493 e. The van der Waals surface area contributed by atoms with Gasteiger partial charge in [-0.1, -0.05) is 6.07 Å². The van der Waals surface area contributed by atoms with Gasteiger partial charge in [-0.15, -0.1) is 0 Å². The summed E-state index contributed by atoms with van der Waals surface area (Å²) in [6.45, 7) is 2.14. The van der Waals surface area contributed by atoms with Crippen molar-refractivity contribution >= 4 is 18.0 Å². The Morgan fingerprint density at radius 3 is 2.70 bits per heavy atom. The number of ether oxygens (including phenoxy) is 3. The van der Waals surface area contributed by atoms with Crippen LogP contribution in [-0.4, -0.2) is 61.9 Å². The molecule has 1 saturated heterocycles. The van der Waals surface area contributed by atoms with Gasteiger partial charge in [0.05, 0.1) is 20.3 Å². The number of carbonyl (C=O) groups excluding carboxylic acids is 1. The molecular weight excluding hydrogens is 302 g/mol. The average molecular weight is 321 g/mol. The molecule has 1 heterocycles. The van der Waals surface area contributed by atoms with E-state index in [1.165, 1.54) is 13.2 Å². The Balaban J connectivity index is 1.98. The number of morpholine rings is 1. The zero-order chi connectivity index (χ0) is 16.7. The van der Waals surface area contributed by atoms with E-state index in [1.54, 1.807) is 23.1 Å². The molecule has 0 aromatic heterocycles. The zero-order valence-corrected chi connectivity index (χ0v) is 12.9. The van der Waals surface area contributed by atoms with Gasteiger partial charge in [0.25, 0.3) is 5.91 Å². The molecule has 2 rings (SSSR count). The molecule has 7 nitrogen and oxygen atoms in total. The number of hydrogen-bond acceptors (Lipinski definition) is 5. The summed E-state index contributed by atoms with van der Waals surface area (Å²) in [4.78, 5) is 24.3. The molecule has 1 aromatic carbocycles. The highest BCUT2D eigenvalue weighted by molar-refractivity contribution is 5.85. The van der Waals surface area contributed by atoms with Crippen molar-refractivity contribution in [2.24, 2.45) is 0 Å². The number of benzene rings is 1. The van der Waals surface area contributed by atoms with Crippen molar-refractivity contribution in [3.63, 3.8) is 0 Å². The monoisotopic (exact) mass is 321 g/mol. The number of carbonyl (C=O) groups is 2. The zero-order valence-electron chi connectivity index (χ0n) is 12.9. The molecule has 1 aliphatic heterocycles. The summed E-state index contributed by atoms with van der Waals surface area (Å²) in [6.07, 6.45) is 2.49. The molecule has 0 unspecified atom stereocenters. The highest BCUT2D eigenvalue weighted by Crippen LogP contribution is 2.28. The predicted octanol–water partition coefficient (Wildman–Crippen LogP) is 1.03. The molecule has 0 saturated carbocycles. The first-order valence-corrected chi connectivity index (χ1v) is 7.17. The van der Waals surface area contributed by atoms with Crippen LogP contribution in [-0.2, 0) is 14.3 Å². The molecule has 1 fully saturated rings. The lowest BCUT2D eigenvalue weighted by Crippen LogP contribution is -2.43. The van der Waals surface area contributed by atoms with Gasteiger partial charge in [0, 0.05) is 19.2 Å². The first kappa shape index (κ1) is 16.8. The Morgan fingerprint density at radius 2 is 2.04 bits per heavy atom. The molecule has 0 aliphatic carbocycles. The molecule has 124 valence electrons. The van der Waals surface area contributed by atoms with Gasteiger partial charge in [-0.25, -0.2) is 4.79 Å². The third-order valence-corrected chi connectivity index (χ3v) is 3.32. The van der Waals surface area contributed by atoms with Crippen LogP contribution in [0.5, 0.6) is 11.5 Å². The number of carboxylic acid groups (broad SMARTS) is 1. The van der Waals surface area contributed by atoms with E-state index < -0.39 is 5.97 Å². The number of carboxylic acids is 1. The van der Waals surface area contributed by atoms with E-state index >= 15 is 0 Å². The Bertz CT molecular complexity index is 592. The maximum absolute atomic E-state index is 12.0. The maximum Gasteiger partial charge on any atom is 0.328 e. The van der Waals surface area contributed by atoms with E-state index in [-0.39, 0.29) is 12.5 Å². The SMILES string of the molecule is COc1cc(/C=C/C(=O)O)ccc1OCC(=O)N1CCOCC1. The van der Waals surface area contributed by atoms with Crippen LogP contribution in [0.4, 0.5) is 0 Å². The van der Waals surface area contributed by atoms with Crippen molar-refractivity contribution in [3.8, 4) is 11.5 Å². The van der Waals surface area contributed by atoms with Crippen LogP contribution >= 0.6 is 0 Å². The van der Waals surface area contributed by atoms with Crippen LogP contribution < -0.4 is 9.47 Å². The Kier molecular flexibility index (Phi) is 5.99. The number of nitrogens with zero attached hydrogens (tertiary/aromatic N) is 1. The summed E-state index contributed by atoms with van der Waals surface area (Å²) in [7, 11) is 1.48. The lowest BCUT2D eigenvalue weighted by atomic mass is 10.2. The van der Waals surface area contributed by atoms with Gasteiger partial charge in [0.1, 0.15) is 0 Å². The standard InChI is InChI=1S/C16H19NO6/c1-21-14-10-12(3-5-16(19)20)2-4-13(14)23-11-15(18)17-6-8-22-9-7-17/h2-5,10H,6-9,11H2,1H3,(H,19,20)/b5-3+. The number of amides is 1. The van der Waals surface area contributed by atoms with Gasteiger partial charge in [-0.2, -0.15) is 0 Å². The Morgan fingerprint density at radius 1 is 1.30 bits per heavy atom. The molecule has 0 spiro atoms. The van der Waals surface area contributed by atoms with Gasteiger partial charge in [0.2, 0.25) is 0 Å². The van der Waals surface area contributed by atoms with E-state index in [1.807, 2.05) is 0 Å². The molecule has 1 amide bonds. The van der Waals surface area contributed by atoms with Crippen LogP contribution in [0.25, 0.3) is 6.08 Å². The Labute approximate surface area is 134 Å². The van der Waals surface area contributed by atoms with Crippen LogP contribution in [0.1, 0.15) is 5.56 Å². The molecule has 0 radical (unpaired) electrons. The summed E-state index contributed by atoms with van der Waals surface area (Å²) >= 11 is 0. The normalized spacial score (nSPS) is 14.7. The van der Waals surface area contributed by atoms with E-state index in [0.717, 1.165) is 6.08 Å². The summed E-state index contributed by atoms with van der Waals surface area (Å²) in [5, 5.41) is 8.63. The van der Waals surface area contributed by atoms with Crippen LogP contribution in [0.15, 0.2) is 24.3 Å². The fraction of sp³-hybridized carbons (Fsp3) is 0.375. The summed E-state index contributed by atoms with van der Waals surface area (Å²) in [6, 6.07) is 4.98. The molecular formula is C16H19NO6. The fourth-order valence-corrected chi connectivity index (χ4v) is 2.12. The Hall–Kier alpha value is -2.54. The molecule has 23 heavy (non-hydrogen) atoms. The molecule has 1 N–H and O–H groups in total. The summed E-state index contributed by atoms with van der Waals surface area (Å²) in [5.41, 5.74) is 0.663. The van der Waals surface area contributed by atoms with Crippen LogP contribution in [0.3, 0.4) is 0 Å². The third-order valence-electron chi connectivity index (χ3n) is 3.32. The molecule has 7 heteroatoms. The van der Waals surface area contributed by atoms with Gasteiger partial charge in [0.15, 0.2) is 18.1 Å². The fourth-order valence-electron chi connectivity index (χ4n) is 2.12. The van der Waals surface area contributed by atoms with Crippen molar-refractivity contribution < 1.29 is 28.9 Å². The van der Waals surface area contributed by atoms with Crippen molar-refractivity contribution in [1.82, 2.24) is 4.90 Å². The molecule has 0 bridgehead atoms.